The van der Waals surface area contributed by atoms with E-state index in [1.807, 2.05) is 31.2 Å². The molecule has 0 aliphatic rings. The van der Waals surface area contributed by atoms with Gasteiger partial charge in [-0.15, -0.1) is 0 Å². The van der Waals surface area contributed by atoms with Gasteiger partial charge in [0.25, 0.3) is 0 Å². The summed E-state index contributed by atoms with van der Waals surface area (Å²) >= 11 is 5.07. The number of aromatic nitrogens is 1. The van der Waals surface area contributed by atoms with E-state index < -0.39 is 0 Å². The maximum atomic E-state index is 6.13. The smallest absolute Gasteiger partial charge is 0.118 e. The Morgan fingerprint density at radius 2 is 1.90 bits per heavy atom. The molecule has 1 heterocycles. The van der Waals surface area contributed by atoms with E-state index >= 15 is 0 Å². The van der Waals surface area contributed by atoms with Gasteiger partial charge >= 0.3 is 0 Å². The fraction of sp³-hybridized carbons (Fsp3) is 0.267. The molecule has 0 fully saturated rings. The highest BCUT2D eigenvalue weighted by Crippen LogP contribution is 2.36. The quantitative estimate of drug-likeness (QED) is 0.825. The number of benzene rings is 1. The van der Waals surface area contributed by atoms with Crippen molar-refractivity contribution in [2.75, 3.05) is 7.11 Å². The Labute approximate surface area is 132 Å². The van der Waals surface area contributed by atoms with Gasteiger partial charge in [-0.05, 0) is 52.7 Å². The molecule has 0 aliphatic heterocycles. The third-order valence-corrected chi connectivity index (χ3v) is 4.78. The summed E-state index contributed by atoms with van der Waals surface area (Å²) in [4.78, 5) is 4.40. The van der Waals surface area contributed by atoms with E-state index in [9.17, 15) is 0 Å². The maximum Gasteiger partial charge on any atom is 0.118 e. The highest BCUT2D eigenvalue weighted by molar-refractivity contribution is 9.10. The molecule has 0 amide bonds. The van der Waals surface area contributed by atoms with Gasteiger partial charge in [0.15, 0.2) is 0 Å². The Morgan fingerprint density at radius 3 is 2.40 bits per heavy atom. The first-order valence-electron chi connectivity index (χ1n) is 6.28. The molecule has 20 heavy (non-hydrogen) atoms. The van der Waals surface area contributed by atoms with Crippen LogP contribution in [0.5, 0.6) is 5.75 Å². The summed E-state index contributed by atoms with van der Waals surface area (Å²) in [6.07, 6.45) is 1.80. The molecule has 0 spiro atoms. The summed E-state index contributed by atoms with van der Waals surface area (Å²) in [6.45, 7) is 2.01. The zero-order valence-corrected chi connectivity index (χ0v) is 13.8. The first-order valence-corrected chi connectivity index (χ1v) is 7.95. The van der Waals surface area contributed by atoms with E-state index in [4.69, 9.17) is 10.5 Å². The lowest BCUT2D eigenvalue weighted by molar-refractivity contribution is 0.414. The minimum atomic E-state index is 0.0267. The van der Waals surface area contributed by atoms with Gasteiger partial charge < -0.3 is 10.5 Å². The zero-order chi connectivity index (χ0) is 14.5. The number of ether oxygens (including phenoxy) is 1. The van der Waals surface area contributed by atoms with Crippen molar-refractivity contribution in [3.63, 3.8) is 0 Å². The lowest BCUT2D eigenvalue weighted by atomic mass is 10.1. The number of nitrogens with two attached hydrogens (primary N) is 1. The molecule has 2 aromatic rings. The summed E-state index contributed by atoms with van der Waals surface area (Å²) in [6, 6.07) is 12.0. The number of thioether (sulfide) groups is 1. The van der Waals surface area contributed by atoms with Crippen molar-refractivity contribution in [1.29, 1.82) is 0 Å². The molecule has 106 valence electrons. The standard InChI is InChI=1S/C15H17BrN2OS/c1-10(17)15(11-3-6-13(19-2)7-4-11)20-14-8-5-12(16)9-18-14/h3-10,15H,17H2,1-2H3. The lowest BCUT2D eigenvalue weighted by Gasteiger charge is -2.20. The summed E-state index contributed by atoms with van der Waals surface area (Å²) in [5, 5.41) is 1.13. The lowest BCUT2D eigenvalue weighted by Crippen LogP contribution is -2.22. The average molecular weight is 353 g/mol. The van der Waals surface area contributed by atoms with E-state index in [-0.39, 0.29) is 11.3 Å². The molecule has 0 aliphatic carbocycles. The Bertz CT molecular complexity index is 543. The van der Waals surface area contributed by atoms with Crippen LogP contribution in [-0.2, 0) is 0 Å². The maximum absolute atomic E-state index is 6.13. The van der Waals surface area contributed by atoms with Crippen LogP contribution in [0.25, 0.3) is 0 Å². The molecule has 5 heteroatoms. The molecule has 2 N–H and O–H groups in total. The fourth-order valence-corrected chi connectivity index (χ4v) is 3.10. The third-order valence-electron chi connectivity index (χ3n) is 2.87. The SMILES string of the molecule is COc1ccc(C(Sc2ccc(Br)cn2)C(C)N)cc1. The van der Waals surface area contributed by atoms with Crippen molar-refractivity contribution in [3.8, 4) is 5.75 Å². The monoisotopic (exact) mass is 352 g/mol. The average Bonchev–Trinajstić information content (AvgIpc) is 2.46. The van der Waals surface area contributed by atoms with Crippen molar-refractivity contribution in [3.05, 3.63) is 52.6 Å². The predicted molar refractivity (Wildman–Crippen MR) is 87.2 cm³/mol. The van der Waals surface area contributed by atoms with Crippen LogP contribution in [0.4, 0.5) is 0 Å². The van der Waals surface area contributed by atoms with Crippen LogP contribution in [0, 0.1) is 0 Å². The molecular weight excluding hydrogens is 336 g/mol. The number of hydrogen-bond donors (Lipinski definition) is 1. The predicted octanol–water partition coefficient (Wildman–Crippen LogP) is 4.03. The van der Waals surface area contributed by atoms with Crippen LogP contribution in [0.2, 0.25) is 0 Å². The number of halogens is 1. The van der Waals surface area contributed by atoms with Crippen molar-refractivity contribution in [1.82, 2.24) is 4.98 Å². The van der Waals surface area contributed by atoms with Crippen LogP contribution in [0.3, 0.4) is 0 Å². The van der Waals surface area contributed by atoms with Crippen molar-refractivity contribution >= 4 is 27.7 Å². The highest BCUT2D eigenvalue weighted by Gasteiger charge is 2.18. The highest BCUT2D eigenvalue weighted by atomic mass is 79.9. The number of nitrogens with zero attached hydrogens (tertiary/aromatic N) is 1. The first kappa shape index (κ1) is 15.4. The molecule has 0 radical (unpaired) electrons. The Morgan fingerprint density at radius 1 is 1.20 bits per heavy atom. The van der Waals surface area contributed by atoms with Crippen LogP contribution in [0.15, 0.2) is 52.1 Å². The van der Waals surface area contributed by atoms with Gasteiger partial charge in [-0.3, -0.25) is 0 Å². The summed E-state index contributed by atoms with van der Waals surface area (Å²) in [5.41, 5.74) is 7.30. The van der Waals surface area contributed by atoms with Crippen LogP contribution in [0.1, 0.15) is 17.7 Å². The van der Waals surface area contributed by atoms with E-state index in [0.29, 0.717) is 0 Å². The second kappa shape index (κ2) is 7.11. The Balaban J connectivity index is 2.19. The zero-order valence-electron chi connectivity index (χ0n) is 11.4. The number of pyridine rings is 1. The Kier molecular flexibility index (Phi) is 5.46. The minimum absolute atomic E-state index is 0.0267. The third kappa shape index (κ3) is 3.98. The molecule has 2 atom stereocenters. The normalized spacial score (nSPS) is 13.8. The number of hydrogen-bond acceptors (Lipinski definition) is 4. The van der Waals surface area contributed by atoms with Gasteiger partial charge in [0.1, 0.15) is 5.75 Å². The van der Waals surface area contributed by atoms with Gasteiger partial charge in [-0.1, -0.05) is 23.9 Å². The van der Waals surface area contributed by atoms with Crippen molar-refractivity contribution < 1.29 is 4.74 Å². The molecular formula is C15H17BrN2OS. The fourth-order valence-electron chi connectivity index (χ4n) is 1.83. The molecule has 1 aromatic heterocycles. The molecule has 1 aromatic carbocycles. The van der Waals surface area contributed by atoms with Gasteiger partial charge in [0.05, 0.1) is 17.4 Å². The largest absolute Gasteiger partial charge is 0.497 e. The van der Waals surface area contributed by atoms with Crippen LogP contribution in [-0.4, -0.2) is 18.1 Å². The van der Waals surface area contributed by atoms with Gasteiger partial charge in [0.2, 0.25) is 0 Å². The molecule has 2 unspecified atom stereocenters. The molecule has 3 nitrogen and oxygen atoms in total. The summed E-state index contributed by atoms with van der Waals surface area (Å²) < 4.78 is 6.16. The van der Waals surface area contributed by atoms with E-state index in [1.54, 1.807) is 25.1 Å². The van der Waals surface area contributed by atoms with Gasteiger partial charge in [-0.25, -0.2) is 4.98 Å². The molecule has 0 saturated carbocycles. The van der Waals surface area contributed by atoms with Crippen molar-refractivity contribution in [2.45, 2.75) is 23.2 Å². The van der Waals surface area contributed by atoms with E-state index in [2.05, 4.69) is 33.0 Å². The second-order valence-electron chi connectivity index (χ2n) is 4.49. The molecule has 2 rings (SSSR count). The topological polar surface area (TPSA) is 48.1 Å². The van der Waals surface area contributed by atoms with Gasteiger partial charge in [0, 0.05) is 16.7 Å². The summed E-state index contributed by atoms with van der Waals surface area (Å²) in [7, 11) is 1.67. The number of methoxy groups -OCH3 is 1. The molecule has 0 saturated heterocycles. The minimum Gasteiger partial charge on any atom is -0.497 e. The van der Waals surface area contributed by atoms with Crippen LogP contribution < -0.4 is 10.5 Å². The number of rotatable bonds is 5. The molecule has 0 bridgehead atoms. The second-order valence-corrected chi connectivity index (χ2v) is 6.56. The van der Waals surface area contributed by atoms with E-state index in [1.165, 1.54) is 5.56 Å². The van der Waals surface area contributed by atoms with Crippen LogP contribution >= 0.6 is 27.7 Å². The Hall–Kier alpha value is -1.04. The first-order chi connectivity index (χ1) is 9.60. The van der Waals surface area contributed by atoms with E-state index in [0.717, 1.165) is 15.2 Å². The van der Waals surface area contributed by atoms with Crippen molar-refractivity contribution in [2.24, 2.45) is 5.73 Å². The summed E-state index contributed by atoms with van der Waals surface area (Å²) in [5.74, 6) is 0.851. The van der Waals surface area contributed by atoms with Gasteiger partial charge in [-0.2, -0.15) is 0 Å².